The SMILES string of the molecule is CC1C2CCC(CC2)C1Nc1nc(-c2c[nH]c3ncc(F)cc23)nc(C#Cc2ccccc2)c1F. The predicted molar refractivity (Wildman–Crippen MR) is 131 cm³/mol. The summed E-state index contributed by atoms with van der Waals surface area (Å²) in [5, 5.41) is 3.97. The van der Waals surface area contributed by atoms with Crippen LogP contribution in [0.4, 0.5) is 14.6 Å². The number of aromatic nitrogens is 4. The van der Waals surface area contributed by atoms with Crippen LogP contribution < -0.4 is 5.32 Å². The zero-order valence-corrected chi connectivity index (χ0v) is 19.4. The van der Waals surface area contributed by atoms with Gasteiger partial charge in [-0.2, -0.15) is 4.39 Å². The zero-order valence-electron chi connectivity index (χ0n) is 19.4. The summed E-state index contributed by atoms with van der Waals surface area (Å²) in [6.45, 7) is 2.25. The third kappa shape index (κ3) is 4.03. The number of H-pyrrole nitrogens is 1. The lowest BCUT2D eigenvalue weighted by molar-refractivity contribution is 0.0926. The van der Waals surface area contributed by atoms with Crippen molar-refractivity contribution in [3.05, 3.63) is 71.7 Å². The minimum atomic E-state index is -0.560. The van der Waals surface area contributed by atoms with Crippen LogP contribution in [0.5, 0.6) is 0 Å². The van der Waals surface area contributed by atoms with Crippen molar-refractivity contribution in [2.24, 2.45) is 17.8 Å². The van der Waals surface area contributed by atoms with Gasteiger partial charge in [0.05, 0.1) is 6.20 Å². The van der Waals surface area contributed by atoms with E-state index in [1.165, 1.54) is 18.9 Å². The predicted octanol–water partition coefficient (Wildman–Crippen LogP) is 5.93. The smallest absolute Gasteiger partial charge is 0.199 e. The Hall–Kier alpha value is -3.79. The van der Waals surface area contributed by atoms with Gasteiger partial charge in [-0.05, 0) is 67.6 Å². The Kier molecular flexibility index (Phi) is 5.44. The van der Waals surface area contributed by atoms with Gasteiger partial charge >= 0.3 is 0 Å². The lowest BCUT2D eigenvalue weighted by Crippen LogP contribution is -2.47. The molecule has 3 aromatic heterocycles. The van der Waals surface area contributed by atoms with Gasteiger partial charge in [-0.3, -0.25) is 0 Å². The molecule has 0 spiro atoms. The first kappa shape index (κ1) is 21.7. The molecule has 2 atom stereocenters. The highest BCUT2D eigenvalue weighted by atomic mass is 19.1. The highest BCUT2D eigenvalue weighted by molar-refractivity contribution is 5.91. The molecule has 176 valence electrons. The zero-order chi connectivity index (χ0) is 23.9. The number of nitrogens with zero attached hydrogens (tertiary/aromatic N) is 3. The molecule has 7 heteroatoms. The van der Waals surface area contributed by atoms with Crippen molar-refractivity contribution in [3.63, 3.8) is 0 Å². The largest absolute Gasteiger partial charge is 0.364 e. The van der Waals surface area contributed by atoms with Crippen LogP contribution in [0, 0.1) is 41.2 Å². The number of rotatable bonds is 3. The van der Waals surface area contributed by atoms with E-state index in [-0.39, 0.29) is 23.4 Å². The van der Waals surface area contributed by atoms with Crippen LogP contribution in [0.25, 0.3) is 22.4 Å². The number of anilines is 1. The molecule has 3 saturated carbocycles. The average molecular weight is 470 g/mol. The van der Waals surface area contributed by atoms with Crippen LogP contribution in [0.15, 0.2) is 48.8 Å². The Labute approximate surface area is 202 Å². The molecule has 7 rings (SSSR count). The van der Waals surface area contributed by atoms with E-state index in [2.05, 4.69) is 44.0 Å². The van der Waals surface area contributed by atoms with E-state index in [1.807, 2.05) is 30.3 Å². The normalized spacial score (nSPS) is 23.2. The second kappa shape index (κ2) is 8.77. The molecule has 1 aromatic carbocycles. The lowest BCUT2D eigenvalue weighted by Gasteiger charge is -2.47. The summed E-state index contributed by atoms with van der Waals surface area (Å²) in [7, 11) is 0. The lowest BCUT2D eigenvalue weighted by atomic mass is 9.62. The molecule has 0 aliphatic heterocycles. The van der Waals surface area contributed by atoms with Gasteiger partial charge in [0.1, 0.15) is 11.5 Å². The number of benzene rings is 1. The second-order valence-corrected chi connectivity index (χ2v) is 9.63. The molecule has 3 aliphatic rings. The third-order valence-electron chi connectivity index (χ3n) is 7.63. The first-order chi connectivity index (χ1) is 17.1. The molecule has 2 unspecified atom stereocenters. The molecule has 3 fully saturated rings. The minimum Gasteiger partial charge on any atom is -0.364 e. The topological polar surface area (TPSA) is 66.5 Å². The first-order valence-corrected chi connectivity index (χ1v) is 12.1. The standard InChI is InChI=1S/C28H25F2N5/c1-16-18-8-10-19(11-9-18)25(16)34-28-24(30)23(12-7-17-5-3-2-4-6-17)33-27(35-28)22-15-32-26-21(22)13-20(29)14-31-26/h2-6,13-16,18-19,25H,8-11H2,1H3,(H,31,32)(H,33,34,35). The quantitative estimate of drug-likeness (QED) is 0.365. The Morgan fingerprint density at radius 3 is 2.54 bits per heavy atom. The number of halogens is 2. The van der Waals surface area contributed by atoms with Gasteiger partial charge in [-0.1, -0.05) is 31.0 Å². The van der Waals surface area contributed by atoms with Gasteiger partial charge in [0, 0.05) is 28.8 Å². The Balaban J connectivity index is 1.46. The molecule has 35 heavy (non-hydrogen) atoms. The van der Waals surface area contributed by atoms with Crippen molar-refractivity contribution in [2.45, 2.75) is 38.6 Å². The summed E-state index contributed by atoms with van der Waals surface area (Å²) < 4.78 is 29.7. The van der Waals surface area contributed by atoms with Crippen molar-refractivity contribution in [1.29, 1.82) is 0 Å². The van der Waals surface area contributed by atoms with E-state index in [0.29, 0.717) is 34.4 Å². The van der Waals surface area contributed by atoms with Gasteiger partial charge in [-0.25, -0.2) is 19.3 Å². The molecule has 3 heterocycles. The number of hydrogen-bond donors (Lipinski definition) is 2. The second-order valence-electron chi connectivity index (χ2n) is 9.63. The fourth-order valence-corrected chi connectivity index (χ4v) is 5.72. The van der Waals surface area contributed by atoms with Gasteiger partial charge in [0.15, 0.2) is 23.2 Å². The van der Waals surface area contributed by atoms with Crippen molar-refractivity contribution in [2.75, 3.05) is 5.32 Å². The first-order valence-electron chi connectivity index (χ1n) is 12.1. The fraction of sp³-hybridized carbons (Fsp3) is 0.321. The van der Waals surface area contributed by atoms with E-state index in [0.717, 1.165) is 24.6 Å². The molecule has 2 bridgehead atoms. The summed E-state index contributed by atoms with van der Waals surface area (Å²) in [4.78, 5) is 16.2. The maximum absolute atomic E-state index is 15.7. The number of aromatic amines is 1. The number of pyridine rings is 1. The molecule has 0 radical (unpaired) electrons. The molecule has 4 aromatic rings. The number of hydrogen-bond acceptors (Lipinski definition) is 4. The summed E-state index contributed by atoms with van der Waals surface area (Å²) in [6, 6.07) is 10.9. The van der Waals surface area contributed by atoms with Crippen LogP contribution in [0.2, 0.25) is 0 Å². The monoisotopic (exact) mass is 469 g/mol. The molecule has 2 N–H and O–H groups in total. The molecule has 0 amide bonds. The van der Waals surface area contributed by atoms with Crippen LogP contribution >= 0.6 is 0 Å². The van der Waals surface area contributed by atoms with Gasteiger partial charge in [0.2, 0.25) is 0 Å². The Bertz CT molecular complexity index is 1440. The van der Waals surface area contributed by atoms with Crippen LogP contribution in [0.3, 0.4) is 0 Å². The maximum Gasteiger partial charge on any atom is 0.199 e. The van der Waals surface area contributed by atoms with E-state index in [1.54, 1.807) is 6.20 Å². The average Bonchev–Trinajstić information content (AvgIpc) is 3.30. The van der Waals surface area contributed by atoms with Gasteiger partial charge in [-0.15, -0.1) is 0 Å². The maximum atomic E-state index is 15.7. The van der Waals surface area contributed by atoms with Crippen LogP contribution in [0.1, 0.15) is 43.9 Å². The molecule has 3 aliphatic carbocycles. The summed E-state index contributed by atoms with van der Waals surface area (Å²) in [6.07, 6.45) is 7.61. The van der Waals surface area contributed by atoms with E-state index in [4.69, 9.17) is 0 Å². The van der Waals surface area contributed by atoms with E-state index in [9.17, 15) is 4.39 Å². The summed E-state index contributed by atoms with van der Waals surface area (Å²) >= 11 is 0. The van der Waals surface area contributed by atoms with Crippen LogP contribution in [-0.2, 0) is 0 Å². The van der Waals surface area contributed by atoms with Crippen LogP contribution in [-0.4, -0.2) is 26.0 Å². The van der Waals surface area contributed by atoms with Crippen molar-refractivity contribution in [1.82, 2.24) is 19.9 Å². The number of nitrogens with one attached hydrogen (secondary N) is 2. The summed E-state index contributed by atoms with van der Waals surface area (Å²) in [5.41, 5.74) is 1.84. The highest BCUT2D eigenvalue weighted by Crippen LogP contribution is 2.46. The molecule has 0 saturated heterocycles. The highest BCUT2D eigenvalue weighted by Gasteiger charge is 2.41. The summed E-state index contributed by atoms with van der Waals surface area (Å²) in [5.74, 6) is 6.89. The van der Waals surface area contributed by atoms with Gasteiger partial charge in [0.25, 0.3) is 0 Å². The van der Waals surface area contributed by atoms with Crippen molar-refractivity contribution >= 4 is 16.9 Å². The Morgan fingerprint density at radius 2 is 1.77 bits per heavy atom. The fourth-order valence-electron chi connectivity index (χ4n) is 5.72. The third-order valence-corrected chi connectivity index (χ3v) is 7.63. The van der Waals surface area contributed by atoms with E-state index < -0.39 is 11.6 Å². The van der Waals surface area contributed by atoms with E-state index >= 15 is 4.39 Å². The molecule has 5 nitrogen and oxygen atoms in total. The molecular formula is C28H25F2N5. The molecular weight excluding hydrogens is 444 g/mol. The van der Waals surface area contributed by atoms with Gasteiger partial charge < -0.3 is 10.3 Å². The van der Waals surface area contributed by atoms with Crippen molar-refractivity contribution < 1.29 is 8.78 Å². The minimum absolute atomic E-state index is 0.00804. The Morgan fingerprint density at radius 1 is 1.00 bits per heavy atom. The van der Waals surface area contributed by atoms with Crippen molar-refractivity contribution in [3.8, 4) is 23.2 Å². The number of fused-ring (bicyclic) bond motifs is 4.